The van der Waals surface area contributed by atoms with Gasteiger partial charge in [0.15, 0.2) is 0 Å². The Morgan fingerprint density at radius 3 is 2.96 bits per heavy atom. The number of anilines is 2. The second-order valence-electron chi connectivity index (χ2n) is 6.94. The minimum atomic E-state index is 0.210. The average Bonchev–Trinajstić information content (AvgIpc) is 3.17. The summed E-state index contributed by atoms with van der Waals surface area (Å²) < 4.78 is 1.89. The molecule has 7 heteroatoms. The highest BCUT2D eigenvalue weighted by atomic mass is 16.1. The van der Waals surface area contributed by atoms with Crippen LogP contribution in [-0.4, -0.2) is 43.1 Å². The number of carbonyl (C=O) groups is 1. The predicted octanol–water partition coefficient (Wildman–Crippen LogP) is 2.77. The van der Waals surface area contributed by atoms with Gasteiger partial charge in [-0.05, 0) is 44.7 Å². The van der Waals surface area contributed by atoms with Crippen LogP contribution in [0, 0.1) is 0 Å². The van der Waals surface area contributed by atoms with Crippen LogP contribution in [0.4, 0.5) is 11.6 Å². The Morgan fingerprint density at radius 2 is 2.24 bits per heavy atom. The fourth-order valence-corrected chi connectivity index (χ4v) is 3.63. The van der Waals surface area contributed by atoms with Gasteiger partial charge in [0.25, 0.3) is 0 Å². The molecular formula is C18H22N6O. The number of carbonyl (C=O) groups excluding carboxylic acids is 1. The number of hydrogen-bond donors (Lipinski definition) is 1. The van der Waals surface area contributed by atoms with Crippen molar-refractivity contribution in [1.29, 1.82) is 0 Å². The average molecular weight is 338 g/mol. The first-order valence-corrected chi connectivity index (χ1v) is 8.72. The second kappa shape index (κ2) is 6.31. The number of fused-ring (bicyclic) bond motifs is 2. The first-order chi connectivity index (χ1) is 12.1. The Morgan fingerprint density at radius 1 is 1.36 bits per heavy atom. The van der Waals surface area contributed by atoms with Crippen LogP contribution in [-0.2, 0) is 4.79 Å². The summed E-state index contributed by atoms with van der Waals surface area (Å²) in [6, 6.07) is 2.76. The van der Waals surface area contributed by atoms with E-state index < -0.39 is 0 Å². The first kappa shape index (κ1) is 15.8. The molecule has 4 heterocycles. The van der Waals surface area contributed by atoms with E-state index in [0.717, 1.165) is 37.1 Å². The van der Waals surface area contributed by atoms with Gasteiger partial charge in [-0.3, -0.25) is 9.48 Å². The minimum Gasteiger partial charge on any atom is -0.335 e. The lowest BCUT2D eigenvalue weighted by Crippen LogP contribution is -2.37. The molecule has 1 saturated heterocycles. The molecule has 7 nitrogen and oxygen atoms in total. The molecule has 0 saturated carbocycles. The van der Waals surface area contributed by atoms with Gasteiger partial charge in [-0.2, -0.15) is 5.10 Å². The molecule has 1 N–H and O–H groups in total. The predicted molar refractivity (Wildman–Crippen MR) is 95.2 cm³/mol. The monoisotopic (exact) mass is 338 g/mol. The molecule has 2 atom stereocenters. The van der Waals surface area contributed by atoms with E-state index >= 15 is 0 Å². The number of aromatic nitrogens is 4. The van der Waals surface area contributed by atoms with Crippen molar-refractivity contribution in [2.45, 2.75) is 51.2 Å². The maximum absolute atomic E-state index is 11.2. The van der Waals surface area contributed by atoms with Gasteiger partial charge in [0.2, 0.25) is 12.4 Å². The Hall–Kier alpha value is -2.70. The van der Waals surface area contributed by atoms with Crippen LogP contribution >= 0.6 is 0 Å². The number of nitrogens with zero attached hydrogens (tertiary/aromatic N) is 5. The van der Waals surface area contributed by atoms with Crippen molar-refractivity contribution in [3.63, 3.8) is 0 Å². The van der Waals surface area contributed by atoms with Crippen LogP contribution in [0.25, 0.3) is 5.57 Å². The number of amides is 1. The van der Waals surface area contributed by atoms with E-state index in [4.69, 9.17) is 0 Å². The van der Waals surface area contributed by atoms with Gasteiger partial charge in [-0.1, -0.05) is 6.08 Å². The topological polar surface area (TPSA) is 75.9 Å². The molecule has 2 aliphatic heterocycles. The van der Waals surface area contributed by atoms with E-state index in [2.05, 4.69) is 40.3 Å². The molecular weight excluding hydrogens is 316 g/mol. The SMILES string of the molecule is CC(C)n1cc(Nc2nccc(C3=CC4CCC(C3)N4C=O)n2)cn1. The van der Waals surface area contributed by atoms with Gasteiger partial charge >= 0.3 is 0 Å². The molecule has 25 heavy (non-hydrogen) atoms. The van der Waals surface area contributed by atoms with Crippen molar-refractivity contribution < 1.29 is 4.79 Å². The van der Waals surface area contributed by atoms with E-state index in [1.807, 2.05) is 21.8 Å². The molecule has 1 fully saturated rings. The van der Waals surface area contributed by atoms with Gasteiger partial charge in [0.05, 0.1) is 23.6 Å². The Bertz CT molecular complexity index is 811. The van der Waals surface area contributed by atoms with Crippen molar-refractivity contribution in [3.8, 4) is 0 Å². The molecule has 2 bridgehead atoms. The maximum Gasteiger partial charge on any atom is 0.227 e. The van der Waals surface area contributed by atoms with E-state index in [9.17, 15) is 4.79 Å². The molecule has 2 unspecified atom stereocenters. The largest absolute Gasteiger partial charge is 0.335 e. The summed E-state index contributed by atoms with van der Waals surface area (Å²) in [6.07, 6.45) is 11.6. The molecule has 0 aromatic carbocycles. The molecule has 2 aromatic heterocycles. The van der Waals surface area contributed by atoms with E-state index in [0.29, 0.717) is 18.0 Å². The Balaban J connectivity index is 1.54. The van der Waals surface area contributed by atoms with Gasteiger partial charge in [0, 0.05) is 24.5 Å². The van der Waals surface area contributed by atoms with Crippen LogP contribution in [0.3, 0.4) is 0 Å². The highest BCUT2D eigenvalue weighted by molar-refractivity contribution is 5.68. The van der Waals surface area contributed by atoms with Crippen LogP contribution < -0.4 is 5.32 Å². The molecule has 2 aliphatic rings. The molecule has 130 valence electrons. The second-order valence-corrected chi connectivity index (χ2v) is 6.94. The van der Waals surface area contributed by atoms with Crippen molar-refractivity contribution in [2.75, 3.05) is 5.32 Å². The molecule has 4 rings (SSSR count). The fourth-order valence-electron chi connectivity index (χ4n) is 3.63. The van der Waals surface area contributed by atoms with Crippen LogP contribution in [0.1, 0.15) is 44.8 Å². The summed E-state index contributed by atoms with van der Waals surface area (Å²) >= 11 is 0. The fraction of sp³-hybridized carbons (Fsp3) is 0.444. The summed E-state index contributed by atoms with van der Waals surface area (Å²) in [7, 11) is 0. The third-order valence-electron chi connectivity index (χ3n) is 4.94. The van der Waals surface area contributed by atoms with Gasteiger partial charge in [0.1, 0.15) is 0 Å². The minimum absolute atomic E-state index is 0.210. The van der Waals surface area contributed by atoms with Gasteiger partial charge < -0.3 is 10.2 Å². The Kier molecular flexibility index (Phi) is 3.99. The third kappa shape index (κ3) is 3.01. The summed E-state index contributed by atoms with van der Waals surface area (Å²) in [4.78, 5) is 22.1. The zero-order valence-electron chi connectivity index (χ0n) is 14.5. The summed E-state index contributed by atoms with van der Waals surface area (Å²) in [5, 5.41) is 7.54. The molecule has 2 aromatic rings. The zero-order chi connectivity index (χ0) is 17.4. The van der Waals surface area contributed by atoms with Crippen molar-refractivity contribution in [1.82, 2.24) is 24.6 Å². The van der Waals surface area contributed by atoms with Crippen molar-refractivity contribution in [3.05, 3.63) is 36.4 Å². The van der Waals surface area contributed by atoms with E-state index in [1.165, 1.54) is 5.57 Å². The summed E-state index contributed by atoms with van der Waals surface area (Å²) in [6.45, 7) is 4.17. The molecule has 0 radical (unpaired) electrons. The molecule has 0 aliphatic carbocycles. The highest BCUT2D eigenvalue weighted by Crippen LogP contribution is 2.37. The lowest BCUT2D eigenvalue weighted by Gasteiger charge is -2.30. The maximum atomic E-state index is 11.2. The van der Waals surface area contributed by atoms with Crippen LogP contribution in [0.2, 0.25) is 0 Å². The number of nitrogens with one attached hydrogen (secondary N) is 1. The van der Waals surface area contributed by atoms with Crippen molar-refractivity contribution in [2.24, 2.45) is 0 Å². The summed E-state index contributed by atoms with van der Waals surface area (Å²) in [5.74, 6) is 0.562. The quantitative estimate of drug-likeness (QED) is 0.849. The lowest BCUT2D eigenvalue weighted by atomic mass is 9.99. The number of hydrogen-bond acceptors (Lipinski definition) is 5. The highest BCUT2D eigenvalue weighted by Gasteiger charge is 2.36. The summed E-state index contributed by atoms with van der Waals surface area (Å²) in [5.41, 5.74) is 3.00. The van der Waals surface area contributed by atoms with Gasteiger partial charge in [-0.25, -0.2) is 9.97 Å². The lowest BCUT2D eigenvalue weighted by molar-refractivity contribution is -0.120. The number of rotatable bonds is 5. The van der Waals surface area contributed by atoms with Crippen molar-refractivity contribution >= 4 is 23.6 Å². The molecule has 1 amide bonds. The van der Waals surface area contributed by atoms with E-state index in [-0.39, 0.29) is 6.04 Å². The van der Waals surface area contributed by atoms with Crippen LogP contribution in [0.5, 0.6) is 0 Å². The zero-order valence-corrected chi connectivity index (χ0v) is 14.5. The van der Waals surface area contributed by atoms with Crippen LogP contribution in [0.15, 0.2) is 30.7 Å². The third-order valence-corrected chi connectivity index (χ3v) is 4.94. The van der Waals surface area contributed by atoms with Gasteiger partial charge in [-0.15, -0.1) is 0 Å². The first-order valence-electron chi connectivity index (χ1n) is 8.72. The molecule has 0 spiro atoms. The van der Waals surface area contributed by atoms with E-state index in [1.54, 1.807) is 12.4 Å². The standard InChI is InChI=1S/C18H22N6O/c1-12(2)24-10-14(9-20-24)21-18-19-6-5-17(22-18)13-7-15-3-4-16(8-13)23(15)11-25/h5-7,9-12,15-16H,3-4,8H2,1-2H3,(H,19,21,22). The normalized spacial score (nSPS) is 22.2. The smallest absolute Gasteiger partial charge is 0.227 e. The Labute approximate surface area is 146 Å².